The van der Waals surface area contributed by atoms with Crippen molar-refractivity contribution < 1.29 is 22.3 Å². The molecule has 2 aromatic rings. The third-order valence-corrected chi connectivity index (χ3v) is 5.09. The van der Waals surface area contributed by atoms with Crippen LogP contribution >= 0.6 is 0 Å². The predicted octanol–water partition coefficient (Wildman–Crippen LogP) is 3.17. The average Bonchev–Trinajstić information content (AvgIpc) is 2.60. The molecule has 0 unspecified atom stereocenters. The number of hydrogen-bond donors (Lipinski definition) is 2. The number of halogens is 1. The summed E-state index contributed by atoms with van der Waals surface area (Å²) < 4.78 is 45.4. The largest absolute Gasteiger partial charge is 0.495 e. The summed E-state index contributed by atoms with van der Waals surface area (Å²) in [6.07, 6.45) is 2.74. The van der Waals surface area contributed by atoms with Crippen LogP contribution in [0.1, 0.15) is 19.4 Å². The Labute approximate surface area is 158 Å². The summed E-state index contributed by atoms with van der Waals surface area (Å²) in [6, 6.07) is 9.66. The van der Waals surface area contributed by atoms with Crippen LogP contribution in [0, 0.1) is 5.82 Å². The van der Waals surface area contributed by atoms with Crippen LogP contribution in [-0.4, -0.2) is 27.5 Å². The van der Waals surface area contributed by atoms with Crippen LogP contribution in [0.5, 0.6) is 5.75 Å². The van der Waals surface area contributed by atoms with Gasteiger partial charge < -0.3 is 10.1 Å². The molecule has 0 aromatic heterocycles. The molecule has 0 saturated carbocycles. The molecule has 0 aliphatic rings. The number of methoxy groups -OCH3 is 1. The first-order valence-corrected chi connectivity index (χ1v) is 9.64. The van der Waals surface area contributed by atoms with Crippen LogP contribution in [0.25, 0.3) is 6.08 Å². The molecular weight excluding hydrogens is 371 g/mol. The summed E-state index contributed by atoms with van der Waals surface area (Å²) in [5.74, 6) is -0.622. The molecule has 6 nitrogen and oxygen atoms in total. The molecule has 2 N–H and O–H groups in total. The second kappa shape index (κ2) is 8.79. The zero-order valence-corrected chi connectivity index (χ0v) is 16.0. The molecular formula is C19H21FN2O4S. The van der Waals surface area contributed by atoms with Crippen LogP contribution in [0.15, 0.2) is 53.4 Å². The Balaban J connectivity index is 2.21. The van der Waals surface area contributed by atoms with Crippen LogP contribution in [0.4, 0.5) is 10.1 Å². The summed E-state index contributed by atoms with van der Waals surface area (Å²) in [4.78, 5) is 12.0. The second-order valence-corrected chi connectivity index (χ2v) is 7.70. The van der Waals surface area contributed by atoms with Crippen LogP contribution in [0.2, 0.25) is 0 Å². The third-order valence-electron chi connectivity index (χ3n) is 3.41. The molecule has 2 rings (SSSR count). The van der Waals surface area contributed by atoms with Crippen molar-refractivity contribution in [1.82, 2.24) is 4.72 Å². The van der Waals surface area contributed by atoms with Gasteiger partial charge in [-0.05, 0) is 61.9 Å². The predicted molar refractivity (Wildman–Crippen MR) is 103 cm³/mol. The van der Waals surface area contributed by atoms with E-state index in [2.05, 4.69) is 10.0 Å². The van der Waals surface area contributed by atoms with Crippen LogP contribution in [-0.2, 0) is 14.8 Å². The fourth-order valence-electron chi connectivity index (χ4n) is 2.27. The minimum absolute atomic E-state index is 0.0141. The number of nitrogens with one attached hydrogen (secondary N) is 2. The summed E-state index contributed by atoms with van der Waals surface area (Å²) >= 11 is 0. The Morgan fingerprint density at radius 1 is 1.15 bits per heavy atom. The van der Waals surface area contributed by atoms with Crippen molar-refractivity contribution in [1.29, 1.82) is 0 Å². The molecule has 1 amide bonds. The van der Waals surface area contributed by atoms with Gasteiger partial charge in [-0.25, -0.2) is 17.5 Å². The number of rotatable bonds is 7. The zero-order valence-electron chi connectivity index (χ0n) is 15.2. The molecule has 144 valence electrons. The van der Waals surface area contributed by atoms with Crippen molar-refractivity contribution >= 4 is 27.7 Å². The molecule has 0 fully saturated rings. The number of carbonyl (C=O) groups excluding carboxylic acids is 1. The van der Waals surface area contributed by atoms with Crippen molar-refractivity contribution in [2.45, 2.75) is 24.8 Å². The van der Waals surface area contributed by atoms with E-state index < -0.39 is 21.7 Å². The Morgan fingerprint density at radius 3 is 2.41 bits per heavy atom. The Kier molecular flexibility index (Phi) is 6.70. The molecule has 0 aliphatic heterocycles. The molecule has 0 saturated heterocycles. The number of sulfonamides is 1. The van der Waals surface area contributed by atoms with E-state index in [0.29, 0.717) is 11.3 Å². The fraction of sp³-hybridized carbons (Fsp3) is 0.211. The van der Waals surface area contributed by atoms with Crippen molar-refractivity contribution in [3.05, 3.63) is 59.9 Å². The first-order chi connectivity index (χ1) is 12.7. The molecule has 0 bridgehead atoms. The Morgan fingerprint density at radius 2 is 1.81 bits per heavy atom. The highest BCUT2D eigenvalue weighted by Gasteiger charge is 2.20. The molecule has 0 heterocycles. The average molecular weight is 392 g/mol. The highest BCUT2D eigenvalue weighted by atomic mass is 32.2. The summed E-state index contributed by atoms with van der Waals surface area (Å²) in [7, 11) is -2.38. The van der Waals surface area contributed by atoms with E-state index in [1.165, 1.54) is 55.7 Å². The SMILES string of the molecule is COc1ccc(C=CC(=O)Nc2ccc(F)cc2)cc1S(=O)(=O)NC(C)C. The van der Waals surface area contributed by atoms with Gasteiger partial charge in [0.25, 0.3) is 0 Å². The van der Waals surface area contributed by atoms with E-state index in [-0.39, 0.29) is 16.7 Å². The van der Waals surface area contributed by atoms with Crippen LogP contribution in [0.3, 0.4) is 0 Å². The minimum Gasteiger partial charge on any atom is -0.495 e. The second-order valence-electron chi connectivity index (χ2n) is 6.02. The minimum atomic E-state index is -3.76. The summed E-state index contributed by atoms with van der Waals surface area (Å²) in [6.45, 7) is 3.43. The number of benzene rings is 2. The topological polar surface area (TPSA) is 84.5 Å². The standard InChI is InChI=1S/C19H21FN2O4S/c1-13(2)22-27(24,25)18-12-14(4-10-17(18)26-3)5-11-19(23)21-16-8-6-15(20)7-9-16/h4-13,22H,1-3H3,(H,21,23). The molecule has 0 atom stereocenters. The van der Waals surface area contributed by atoms with Gasteiger partial charge in [-0.1, -0.05) is 6.07 Å². The highest BCUT2D eigenvalue weighted by Crippen LogP contribution is 2.25. The van der Waals surface area contributed by atoms with Gasteiger partial charge in [0.1, 0.15) is 16.5 Å². The lowest BCUT2D eigenvalue weighted by atomic mass is 10.2. The van der Waals surface area contributed by atoms with Gasteiger partial charge >= 0.3 is 0 Å². The first-order valence-electron chi connectivity index (χ1n) is 8.16. The third kappa shape index (κ3) is 5.90. The summed E-state index contributed by atoms with van der Waals surface area (Å²) in [5.41, 5.74) is 0.958. The molecule has 0 spiro atoms. The number of carbonyl (C=O) groups is 1. The maximum atomic E-state index is 12.9. The fourth-order valence-corrected chi connectivity index (χ4v) is 3.72. The Bertz CT molecular complexity index is 939. The van der Waals surface area contributed by atoms with E-state index in [1.54, 1.807) is 19.9 Å². The van der Waals surface area contributed by atoms with Gasteiger partial charge in [0.15, 0.2) is 0 Å². The van der Waals surface area contributed by atoms with Crippen molar-refractivity contribution in [2.75, 3.05) is 12.4 Å². The van der Waals surface area contributed by atoms with Crippen molar-refractivity contribution in [2.24, 2.45) is 0 Å². The van der Waals surface area contributed by atoms with Gasteiger partial charge in [0.2, 0.25) is 15.9 Å². The number of hydrogen-bond acceptors (Lipinski definition) is 4. The molecule has 0 radical (unpaired) electrons. The smallest absolute Gasteiger partial charge is 0.248 e. The van der Waals surface area contributed by atoms with Crippen molar-refractivity contribution in [3.63, 3.8) is 0 Å². The van der Waals surface area contributed by atoms with Gasteiger partial charge in [-0.15, -0.1) is 0 Å². The monoisotopic (exact) mass is 392 g/mol. The number of ether oxygens (including phenoxy) is 1. The zero-order chi connectivity index (χ0) is 20.0. The highest BCUT2D eigenvalue weighted by molar-refractivity contribution is 7.89. The lowest BCUT2D eigenvalue weighted by Gasteiger charge is -2.13. The van der Waals surface area contributed by atoms with Crippen LogP contribution < -0.4 is 14.8 Å². The van der Waals surface area contributed by atoms with Gasteiger partial charge in [0.05, 0.1) is 7.11 Å². The maximum Gasteiger partial charge on any atom is 0.248 e. The number of anilines is 1. The van der Waals surface area contributed by atoms with Gasteiger partial charge in [0, 0.05) is 17.8 Å². The molecule has 8 heteroatoms. The van der Waals surface area contributed by atoms with E-state index in [1.807, 2.05) is 0 Å². The van der Waals surface area contributed by atoms with Gasteiger partial charge in [-0.2, -0.15) is 0 Å². The molecule has 2 aromatic carbocycles. The van der Waals surface area contributed by atoms with E-state index in [0.717, 1.165) is 0 Å². The van der Waals surface area contributed by atoms with Crippen molar-refractivity contribution in [3.8, 4) is 5.75 Å². The quantitative estimate of drug-likeness (QED) is 0.709. The Hall–Kier alpha value is -2.71. The van der Waals surface area contributed by atoms with Gasteiger partial charge in [-0.3, -0.25) is 4.79 Å². The summed E-state index contributed by atoms with van der Waals surface area (Å²) in [5, 5.41) is 2.59. The lowest BCUT2D eigenvalue weighted by molar-refractivity contribution is -0.111. The number of amides is 1. The first kappa shape index (κ1) is 20.6. The van der Waals surface area contributed by atoms with E-state index >= 15 is 0 Å². The lowest BCUT2D eigenvalue weighted by Crippen LogP contribution is -2.30. The van der Waals surface area contributed by atoms with E-state index in [9.17, 15) is 17.6 Å². The van der Waals surface area contributed by atoms with E-state index in [4.69, 9.17) is 4.74 Å². The maximum absolute atomic E-state index is 12.9. The molecule has 0 aliphatic carbocycles. The normalized spacial score (nSPS) is 11.7. The molecule has 27 heavy (non-hydrogen) atoms.